The summed E-state index contributed by atoms with van der Waals surface area (Å²) in [7, 11) is 0. The van der Waals surface area contributed by atoms with Crippen LogP contribution in [0.1, 0.15) is 41.3 Å². The molecule has 0 aromatic heterocycles. The van der Waals surface area contributed by atoms with Crippen molar-refractivity contribution in [3.63, 3.8) is 0 Å². The minimum atomic E-state index is -4.54. The number of allylic oxidation sites excluding steroid dienone is 1. The van der Waals surface area contributed by atoms with Gasteiger partial charge in [-0.3, -0.25) is 4.79 Å². The first kappa shape index (κ1) is 19.1. The zero-order valence-corrected chi connectivity index (χ0v) is 14.4. The zero-order chi connectivity index (χ0) is 18.6. The number of carbonyl (C=O) groups is 1. The molecule has 0 saturated heterocycles. The van der Waals surface area contributed by atoms with Crippen LogP contribution < -0.4 is 5.32 Å². The summed E-state index contributed by atoms with van der Waals surface area (Å²) >= 11 is 5.62. The molecular formula is C19H17ClF3NO. The average molecular weight is 368 g/mol. The van der Waals surface area contributed by atoms with Crippen LogP contribution in [0.4, 0.5) is 18.9 Å². The Morgan fingerprint density at radius 3 is 2.32 bits per heavy atom. The second kappa shape index (κ2) is 7.74. The molecule has 0 unspecified atom stereocenters. The second-order valence-corrected chi connectivity index (χ2v) is 6.24. The van der Waals surface area contributed by atoms with E-state index in [1.165, 1.54) is 24.4 Å². The molecule has 2 aromatic carbocycles. The Morgan fingerprint density at radius 1 is 1.12 bits per heavy atom. The van der Waals surface area contributed by atoms with Crippen molar-refractivity contribution in [1.82, 2.24) is 0 Å². The van der Waals surface area contributed by atoms with E-state index in [1.807, 2.05) is 26.0 Å². The first-order valence-corrected chi connectivity index (χ1v) is 8.00. The molecule has 0 aliphatic heterocycles. The molecule has 0 saturated carbocycles. The van der Waals surface area contributed by atoms with E-state index in [0.717, 1.165) is 11.6 Å². The maximum atomic E-state index is 13.0. The van der Waals surface area contributed by atoms with Gasteiger partial charge in [-0.05, 0) is 29.7 Å². The molecule has 0 fully saturated rings. The average Bonchev–Trinajstić information content (AvgIpc) is 2.55. The van der Waals surface area contributed by atoms with E-state index in [9.17, 15) is 18.0 Å². The van der Waals surface area contributed by atoms with Gasteiger partial charge in [0.25, 0.3) is 0 Å². The fourth-order valence-corrected chi connectivity index (χ4v) is 2.38. The molecule has 0 aliphatic rings. The first-order valence-electron chi connectivity index (χ1n) is 7.62. The molecule has 0 spiro atoms. The lowest BCUT2D eigenvalue weighted by atomic mass is 10.0. The van der Waals surface area contributed by atoms with E-state index < -0.39 is 11.7 Å². The number of halogens is 4. The van der Waals surface area contributed by atoms with Crippen molar-refractivity contribution in [2.45, 2.75) is 25.9 Å². The number of rotatable bonds is 5. The highest BCUT2D eigenvalue weighted by Crippen LogP contribution is 2.36. The molecule has 25 heavy (non-hydrogen) atoms. The molecular weight excluding hydrogens is 351 g/mol. The number of alkyl halides is 3. The molecule has 0 heterocycles. The fourth-order valence-electron chi connectivity index (χ4n) is 2.21. The molecule has 2 aromatic rings. The van der Waals surface area contributed by atoms with E-state index in [0.29, 0.717) is 11.5 Å². The van der Waals surface area contributed by atoms with Gasteiger partial charge in [-0.2, -0.15) is 13.2 Å². The van der Waals surface area contributed by atoms with Gasteiger partial charge in [-0.1, -0.05) is 49.7 Å². The molecule has 6 heteroatoms. The Morgan fingerprint density at radius 2 is 1.76 bits per heavy atom. The summed E-state index contributed by atoms with van der Waals surface area (Å²) in [5.41, 5.74) is 0.513. The Hall–Kier alpha value is -2.27. The summed E-state index contributed by atoms with van der Waals surface area (Å²) in [5, 5.41) is 2.49. The summed E-state index contributed by atoms with van der Waals surface area (Å²) < 4.78 is 39.0. The van der Waals surface area contributed by atoms with Gasteiger partial charge in [0.05, 0.1) is 11.3 Å². The topological polar surface area (TPSA) is 29.1 Å². The summed E-state index contributed by atoms with van der Waals surface area (Å²) in [6.07, 6.45) is -2.16. The molecule has 0 bridgehead atoms. The van der Waals surface area contributed by atoms with Crippen molar-refractivity contribution >= 4 is 23.1 Å². The van der Waals surface area contributed by atoms with E-state index in [2.05, 4.69) is 5.32 Å². The van der Waals surface area contributed by atoms with Gasteiger partial charge in [-0.15, -0.1) is 0 Å². The Balaban J connectivity index is 2.12. The number of benzene rings is 2. The molecule has 0 radical (unpaired) electrons. The second-order valence-electron chi connectivity index (χ2n) is 5.81. The molecule has 0 amide bonds. The van der Waals surface area contributed by atoms with Crippen molar-refractivity contribution in [1.29, 1.82) is 0 Å². The van der Waals surface area contributed by atoms with Crippen LogP contribution in [-0.4, -0.2) is 5.78 Å². The number of hydrogen-bond donors (Lipinski definition) is 1. The van der Waals surface area contributed by atoms with E-state index in [-0.39, 0.29) is 16.5 Å². The predicted octanol–water partition coefficient (Wildman–Crippen LogP) is 6.29. The Kier molecular flexibility index (Phi) is 5.90. The summed E-state index contributed by atoms with van der Waals surface area (Å²) in [6.45, 7) is 4.09. The molecule has 132 valence electrons. The summed E-state index contributed by atoms with van der Waals surface area (Å²) in [4.78, 5) is 12.1. The number of hydrogen-bond acceptors (Lipinski definition) is 2. The first-order chi connectivity index (χ1) is 11.7. The minimum Gasteiger partial charge on any atom is -0.361 e. The number of nitrogens with one attached hydrogen (secondary N) is 1. The van der Waals surface area contributed by atoms with Crippen molar-refractivity contribution in [3.8, 4) is 0 Å². The quantitative estimate of drug-likeness (QED) is 0.497. The highest BCUT2D eigenvalue weighted by Gasteiger charge is 2.33. The number of ketones is 1. The van der Waals surface area contributed by atoms with Gasteiger partial charge in [0, 0.05) is 22.9 Å². The van der Waals surface area contributed by atoms with Crippen molar-refractivity contribution in [2.75, 3.05) is 5.32 Å². The maximum absolute atomic E-state index is 13.0. The Bertz CT molecular complexity index is 780. The van der Waals surface area contributed by atoms with Crippen LogP contribution in [0.15, 0.2) is 54.7 Å². The lowest BCUT2D eigenvalue weighted by molar-refractivity contribution is -0.136. The maximum Gasteiger partial charge on any atom is 0.418 e. The van der Waals surface area contributed by atoms with Crippen LogP contribution in [0.25, 0.3) is 0 Å². The third-order valence-electron chi connectivity index (χ3n) is 3.62. The third kappa shape index (κ3) is 5.10. The van der Waals surface area contributed by atoms with Crippen LogP contribution in [0.5, 0.6) is 0 Å². The normalized spacial score (nSPS) is 12.0. The van der Waals surface area contributed by atoms with Gasteiger partial charge in [0.15, 0.2) is 5.78 Å². The van der Waals surface area contributed by atoms with Gasteiger partial charge in [0.1, 0.15) is 0 Å². The molecule has 2 rings (SSSR count). The van der Waals surface area contributed by atoms with Crippen molar-refractivity contribution in [3.05, 3.63) is 76.5 Å². The smallest absolute Gasteiger partial charge is 0.361 e. The van der Waals surface area contributed by atoms with Gasteiger partial charge in [-0.25, -0.2) is 0 Å². The highest BCUT2D eigenvalue weighted by molar-refractivity contribution is 6.30. The zero-order valence-electron chi connectivity index (χ0n) is 13.7. The SMILES string of the molecule is CC(C)c1ccc(C(=O)C=CNc2ccc(Cl)cc2C(F)(F)F)cc1. The fraction of sp³-hybridized carbons (Fsp3) is 0.211. The van der Waals surface area contributed by atoms with Gasteiger partial charge in [0.2, 0.25) is 0 Å². The number of carbonyl (C=O) groups excluding carboxylic acids is 1. The Labute approximate surface area is 149 Å². The van der Waals surface area contributed by atoms with E-state index in [4.69, 9.17) is 11.6 Å². The standard InChI is InChI=1S/C19H17ClF3NO/c1-12(2)13-3-5-14(6-4-13)18(25)9-10-24-17-8-7-15(20)11-16(17)19(21,22)23/h3-12,24H,1-2H3. The van der Waals surface area contributed by atoms with Crippen molar-refractivity contribution < 1.29 is 18.0 Å². The highest BCUT2D eigenvalue weighted by atomic mass is 35.5. The van der Waals surface area contributed by atoms with Crippen LogP contribution >= 0.6 is 11.6 Å². The lowest BCUT2D eigenvalue weighted by Crippen LogP contribution is -2.08. The molecule has 1 N–H and O–H groups in total. The number of anilines is 1. The minimum absolute atomic E-state index is 0.0110. The van der Waals surface area contributed by atoms with Crippen LogP contribution in [0.2, 0.25) is 5.02 Å². The molecule has 0 aliphatic carbocycles. The van der Waals surface area contributed by atoms with Gasteiger partial charge < -0.3 is 5.32 Å². The van der Waals surface area contributed by atoms with Crippen LogP contribution in [0, 0.1) is 0 Å². The monoisotopic (exact) mass is 367 g/mol. The third-order valence-corrected chi connectivity index (χ3v) is 3.86. The predicted molar refractivity (Wildman–Crippen MR) is 94.1 cm³/mol. The van der Waals surface area contributed by atoms with E-state index in [1.54, 1.807) is 12.1 Å². The van der Waals surface area contributed by atoms with Crippen LogP contribution in [0.3, 0.4) is 0 Å². The van der Waals surface area contributed by atoms with E-state index >= 15 is 0 Å². The summed E-state index contributed by atoms with van der Waals surface area (Å²) in [5.74, 6) is 0.0531. The summed E-state index contributed by atoms with van der Waals surface area (Å²) in [6, 6.07) is 10.5. The van der Waals surface area contributed by atoms with Crippen LogP contribution in [-0.2, 0) is 6.18 Å². The molecule has 0 atom stereocenters. The molecule has 2 nitrogen and oxygen atoms in total. The lowest BCUT2D eigenvalue weighted by Gasteiger charge is -2.12. The van der Waals surface area contributed by atoms with Crippen molar-refractivity contribution in [2.24, 2.45) is 0 Å². The van der Waals surface area contributed by atoms with Gasteiger partial charge >= 0.3 is 6.18 Å². The largest absolute Gasteiger partial charge is 0.418 e.